The highest BCUT2D eigenvalue weighted by molar-refractivity contribution is 5.59. The molecule has 12 N–H and O–H groups in total. The average molecular weight is 1080 g/mol. The Morgan fingerprint density at radius 2 is 1.16 bits per heavy atom. The number of fused-ring (bicyclic) bond motifs is 4. The first-order chi connectivity index (χ1) is 35.2. The molecule has 10 fully saturated rings. The van der Waals surface area contributed by atoms with E-state index in [1.54, 1.807) is 0 Å². The van der Waals surface area contributed by atoms with Gasteiger partial charge >= 0.3 is 0 Å². The van der Waals surface area contributed by atoms with Crippen LogP contribution in [0, 0.1) is 50.2 Å². The summed E-state index contributed by atoms with van der Waals surface area (Å²) in [4.78, 5) is 12.6. The normalized spacial score (nSPS) is 58.5. The van der Waals surface area contributed by atoms with Gasteiger partial charge in [0.2, 0.25) is 0 Å². The molecular formula is C53H86O22. The number of hydrogen-bond acceptors (Lipinski definition) is 22. The van der Waals surface area contributed by atoms with Crippen molar-refractivity contribution in [2.24, 2.45) is 50.2 Å². The van der Waals surface area contributed by atoms with Gasteiger partial charge in [-0.3, -0.25) is 0 Å². The smallest absolute Gasteiger partial charge is 0.187 e. The Bertz CT molecular complexity index is 2050. The number of carbonyl (C=O) groups is 1. The molecule has 5 aliphatic carbocycles. The lowest BCUT2D eigenvalue weighted by Crippen LogP contribution is -2.74. The SMILES string of the molecule is C[C@@H]1O[C@@H](O[C@H]2[C@H](O[C@H]3CO[C@@H](O[C@H]4CC[C@@]5(C)[C@H]6CC[C@]78OC[C@@]9(CC[C@](C)(C=O)C[C@H]97)[C@H](O)C[C@@]8(C)[C@]6(C)CC[C@H]5C4(C)C)[C@H](O[C@@H]4O[C@H](CO)[C@@H](O)[C@H](O)[C@H]4O)[C@H]3O)O[C@H](CO)[C@@H](O)[C@@H]2O)[C@H](O)[C@H](O)[C@H]1O. The van der Waals surface area contributed by atoms with Gasteiger partial charge in [-0.1, -0.05) is 41.5 Å². The molecule has 22 heteroatoms. The highest BCUT2D eigenvalue weighted by Gasteiger charge is 2.80. The average Bonchev–Trinajstić information content (AvgIpc) is 3.66. The first kappa shape index (κ1) is 57.1. The van der Waals surface area contributed by atoms with Crippen molar-refractivity contribution in [3.8, 4) is 0 Å². The van der Waals surface area contributed by atoms with Crippen LogP contribution in [-0.2, 0) is 47.4 Å². The van der Waals surface area contributed by atoms with Crippen molar-refractivity contribution in [1.29, 1.82) is 0 Å². The molecule has 10 rings (SSSR count). The molecule has 30 atom stereocenters. The van der Waals surface area contributed by atoms with E-state index in [0.717, 1.165) is 51.2 Å². The number of carbonyl (C=O) groups excluding carboxylic acids is 1. The highest BCUT2D eigenvalue weighted by Crippen LogP contribution is 2.80. The summed E-state index contributed by atoms with van der Waals surface area (Å²) in [6.07, 6.45) is -23.3. The monoisotopic (exact) mass is 1070 g/mol. The Kier molecular flexibility index (Phi) is 15.3. The Labute approximate surface area is 437 Å². The van der Waals surface area contributed by atoms with E-state index >= 15 is 0 Å². The molecular weight excluding hydrogens is 989 g/mol. The van der Waals surface area contributed by atoms with E-state index in [9.17, 15) is 66.1 Å². The summed E-state index contributed by atoms with van der Waals surface area (Å²) >= 11 is 0. The summed E-state index contributed by atoms with van der Waals surface area (Å²) < 4.78 is 56.3. The van der Waals surface area contributed by atoms with Crippen molar-refractivity contribution >= 4 is 6.29 Å². The van der Waals surface area contributed by atoms with Crippen LogP contribution in [0.5, 0.6) is 0 Å². The van der Waals surface area contributed by atoms with Crippen LogP contribution in [0.25, 0.3) is 0 Å². The standard InChI is InChI=1S/C53H86O22/c1-23-32(58)36(62)39(65)43(69-23)75-42-38(64)34(60)25(19-55)71-46(42)72-26-20-67-45(41(35(26)61)74-44-40(66)37(63)33(59)24(18-54)70-44)73-31-10-11-49(5)27(47(31,2)3)8-12-50(6)28(49)9-13-53-29-16-48(4,21-56)14-15-52(29,22-68-53)30(57)17-51(50,53)7/h21,23-46,54-55,57-66H,8-20,22H2,1-7H3/t23-,24+,25+,26-,27-,28+,29+,30+,31-,32-,33+,34+,35-,36+,37-,38-,39+,40+,41+,42+,43-,44-,45-,46-,48-,49+,50+,51-,52+,53-/m0/s1. The molecule has 0 aromatic rings. The molecule has 5 saturated carbocycles. The van der Waals surface area contributed by atoms with E-state index in [0.29, 0.717) is 25.9 Å². The summed E-state index contributed by atoms with van der Waals surface area (Å²) in [6.45, 7) is 13.6. The number of rotatable bonds is 11. The van der Waals surface area contributed by atoms with Crippen LogP contribution in [0.2, 0.25) is 0 Å². The summed E-state index contributed by atoms with van der Waals surface area (Å²) in [5.74, 6) is 0.451. The van der Waals surface area contributed by atoms with Gasteiger partial charge in [0.1, 0.15) is 91.7 Å². The minimum absolute atomic E-state index is 0.0717. The van der Waals surface area contributed by atoms with Crippen LogP contribution < -0.4 is 0 Å². The number of ether oxygens (including phenoxy) is 9. The van der Waals surface area contributed by atoms with Gasteiger partial charge in [-0.2, -0.15) is 0 Å². The second-order valence-electron chi connectivity index (χ2n) is 26.2. The van der Waals surface area contributed by atoms with E-state index in [2.05, 4.69) is 41.5 Å². The second kappa shape index (κ2) is 20.1. The predicted molar refractivity (Wildman–Crippen MR) is 255 cm³/mol. The maximum absolute atomic E-state index is 12.6. The molecule has 22 nitrogen and oxygen atoms in total. The van der Waals surface area contributed by atoms with Gasteiger partial charge in [-0.25, -0.2) is 0 Å². The summed E-state index contributed by atoms with van der Waals surface area (Å²) in [6, 6.07) is 0. The molecule has 5 heterocycles. The molecule has 0 radical (unpaired) electrons. The number of aldehydes is 1. The Balaban J connectivity index is 0.902. The maximum atomic E-state index is 12.6. The van der Waals surface area contributed by atoms with Crippen molar-refractivity contribution in [3.05, 3.63) is 0 Å². The van der Waals surface area contributed by atoms with Crippen LogP contribution in [-0.4, -0.2) is 229 Å². The Morgan fingerprint density at radius 3 is 1.81 bits per heavy atom. The maximum Gasteiger partial charge on any atom is 0.187 e. The van der Waals surface area contributed by atoms with Crippen LogP contribution in [0.1, 0.15) is 113 Å². The van der Waals surface area contributed by atoms with Crippen molar-refractivity contribution in [2.45, 2.75) is 247 Å². The van der Waals surface area contributed by atoms with Crippen LogP contribution in [0.15, 0.2) is 0 Å². The van der Waals surface area contributed by atoms with E-state index < -0.39 is 165 Å². The quantitative estimate of drug-likeness (QED) is 0.0827. The van der Waals surface area contributed by atoms with E-state index in [-0.39, 0.29) is 39.4 Å². The van der Waals surface area contributed by atoms with Crippen molar-refractivity contribution in [1.82, 2.24) is 0 Å². The third-order valence-corrected chi connectivity index (χ3v) is 22.3. The lowest BCUT2D eigenvalue weighted by atomic mass is 9.30. The molecule has 0 aromatic heterocycles. The number of hydrogen-bond donors (Lipinski definition) is 12. The minimum Gasteiger partial charge on any atom is -0.394 e. The lowest BCUT2D eigenvalue weighted by Gasteiger charge is -2.75. The zero-order valence-corrected chi connectivity index (χ0v) is 44.3. The predicted octanol–water partition coefficient (Wildman–Crippen LogP) is -1.50. The van der Waals surface area contributed by atoms with E-state index in [1.165, 1.54) is 6.92 Å². The molecule has 5 aliphatic heterocycles. The van der Waals surface area contributed by atoms with Gasteiger partial charge in [0.25, 0.3) is 0 Å². The summed E-state index contributed by atoms with van der Waals surface area (Å²) in [7, 11) is 0. The van der Waals surface area contributed by atoms with Crippen LogP contribution >= 0.6 is 0 Å². The molecule has 0 amide bonds. The second-order valence-corrected chi connectivity index (χ2v) is 26.2. The van der Waals surface area contributed by atoms with Gasteiger partial charge in [0.15, 0.2) is 25.2 Å². The fraction of sp³-hybridized carbons (Fsp3) is 0.981. The molecule has 0 unspecified atom stereocenters. The van der Waals surface area contributed by atoms with Crippen molar-refractivity contribution < 1.29 is 109 Å². The van der Waals surface area contributed by atoms with Gasteiger partial charge in [0, 0.05) is 16.2 Å². The topological polar surface area (TPSA) is 343 Å². The van der Waals surface area contributed by atoms with Gasteiger partial charge < -0.3 is 109 Å². The molecule has 1 spiro atoms. The third kappa shape index (κ3) is 8.54. The molecule has 10 aliphatic rings. The molecule has 0 aromatic carbocycles. The summed E-state index contributed by atoms with van der Waals surface area (Å²) in [5.41, 5.74) is -2.58. The molecule has 75 heavy (non-hydrogen) atoms. The van der Waals surface area contributed by atoms with E-state index in [4.69, 9.17) is 42.6 Å². The fourth-order valence-electron chi connectivity index (χ4n) is 17.6. The number of aliphatic hydroxyl groups is 12. The van der Waals surface area contributed by atoms with Crippen LogP contribution in [0.4, 0.5) is 0 Å². The van der Waals surface area contributed by atoms with Gasteiger partial charge in [0.05, 0.1) is 50.3 Å². The highest BCUT2D eigenvalue weighted by atomic mass is 16.8. The zero-order valence-electron chi connectivity index (χ0n) is 44.3. The first-order valence-corrected chi connectivity index (χ1v) is 27.5. The molecule has 430 valence electrons. The molecule has 2 bridgehead atoms. The Morgan fingerprint density at radius 1 is 0.560 bits per heavy atom. The van der Waals surface area contributed by atoms with Gasteiger partial charge in [-0.15, -0.1) is 0 Å². The van der Waals surface area contributed by atoms with Crippen LogP contribution in [0.3, 0.4) is 0 Å². The zero-order chi connectivity index (χ0) is 54.3. The van der Waals surface area contributed by atoms with Crippen molar-refractivity contribution in [2.75, 3.05) is 26.4 Å². The van der Waals surface area contributed by atoms with Crippen molar-refractivity contribution in [3.63, 3.8) is 0 Å². The Hall–Kier alpha value is -1.17. The number of aliphatic hydroxyl groups excluding tert-OH is 12. The van der Waals surface area contributed by atoms with E-state index in [1.807, 2.05) is 0 Å². The first-order valence-electron chi connectivity index (χ1n) is 27.5. The minimum atomic E-state index is -1.89. The molecule has 5 saturated heterocycles. The van der Waals surface area contributed by atoms with Gasteiger partial charge in [-0.05, 0) is 105 Å². The third-order valence-electron chi connectivity index (χ3n) is 22.3. The summed E-state index contributed by atoms with van der Waals surface area (Å²) in [5, 5.41) is 131. The lowest BCUT2D eigenvalue weighted by molar-refractivity contribution is -0.394. The fourth-order valence-corrected chi connectivity index (χ4v) is 17.6. The largest absolute Gasteiger partial charge is 0.394 e.